The van der Waals surface area contributed by atoms with E-state index in [0.29, 0.717) is 17.8 Å². The average molecular weight is 227 g/mol. The molecule has 1 aromatic carbocycles. The van der Waals surface area contributed by atoms with Gasteiger partial charge in [-0.05, 0) is 18.2 Å². The first-order valence-electron chi connectivity index (χ1n) is 5.20. The second-order valence-corrected chi connectivity index (χ2v) is 3.72. The van der Waals surface area contributed by atoms with Gasteiger partial charge in [0.2, 0.25) is 0 Å². The Morgan fingerprint density at radius 2 is 2.35 bits per heavy atom. The first-order valence-corrected chi connectivity index (χ1v) is 5.20. The van der Waals surface area contributed by atoms with Crippen molar-refractivity contribution in [1.29, 1.82) is 5.26 Å². The van der Waals surface area contributed by atoms with Crippen LogP contribution in [0.4, 0.5) is 11.4 Å². The molecule has 0 bridgehead atoms. The van der Waals surface area contributed by atoms with E-state index in [0.717, 1.165) is 11.5 Å². The molecule has 5 heteroatoms. The number of imidazole rings is 1. The fraction of sp³-hybridized carbons (Fsp3) is 0.167. The highest BCUT2D eigenvalue weighted by molar-refractivity contribution is 5.62. The first kappa shape index (κ1) is 11.0. The Bertz CT molecular complexity index is 565. The lowest BCUT2D eigenvalue weighted by Crippen LogP contribution is -2.06. The average Bonchev–Trinajstić information content (AvgIpc) is 2.73. The van der Waals surface area contributed by atoms with Crippen molar-refractivity contribution in [3.8, 4) is 6.07 Å². The van der Waals surface area contributed by atoms with Crippen molar-refractivity contribution >= 4 is 11.4 Å². The van der Waals surface area contributed by atoms with Crippen LogP contribution in [-0.4, -0.2) is 9.55 Å². The van der Waals surface area contributed by atoms with Crippen molar-refractivity contribution in [1.82, 2.24) is 9.55 Å². The van der Waals surface area contributed by atoms with Crippen molar-refractivity contribution < 1.29 is 0 Å². The summed E-state index contributed by atoms with van der Waals surface area (Å²) >= 11 is 0. The molecule has 0 saturated heterocycles. The van der Waals surface area contributed by atoms with Gasteiger partial charge in [0, 0.05) is 25.1 Å². The number of benzene rings is 1. The van der Waals surface area contributed by atoms with Gasteiger partial charge in [0.1, 0.15) is 11.9 Å². The van der Waals surface area contributed by atoms with E-state index in [4.69, 9.17) is 11.0 Å². The molecule has 0 atom stereocenters. The number of anilines is 2. The van der Waals surface area contributed by atoms with Crippen LogP contribution in [0.2, 0.25) is 0 Å². The summed E-state index contributed by atoms with van der Waals surface area (Å²) in [7, 11) is 1.93. The Labute approximate surface area is 99.5 Å². The van der Waals surface area contributed by atoms with E-state index in [9.17, 15) is 0 Å². The van der Waals surface area contributed by atoms with Gasteiger partial charge in [0.15, 0.2) is 0 Å². The Balaban J connectivity index is 2.15. The van der Waals surface area contributed by atoms with Crippen LogP contribution in [0.1, 0.15) is 11.4 Å². The molecule has 0 fully saturated rings. The molecular weight excluding hydrogens is 214 g/mol. The number of aromatic nitrogens is 2. The lowest BCUT2D eigenvalue weighted by Gasteiger charge is -2.08. The van der Waals surface area contributed by atoms with Gasteiger partial charge in [-0.1, -0.05) is 0 Å². The topological polar surface area (TPSA) is 79.7 Å². The fourth-order valence-electron chi connectivity index (χ4n) is 1.55. The summed E-state index contributed by atoms with van der Waals surface area (Å²) in [5, 5.41) is 12.2. The minimum absolute atomic E-state index is 0.541. The van der Waals surface area contributed by atoms with Gasteiger partial charge in [-0.25, -0.2) is 4.98 Å². The van der Waals surface area contributed by atoms with Crippen molar-refractivity contribution in [2.24, 2.45) is 7.05 Å². The molecule has 3 N–H and O–H groups in total. The minimum Gasteiger partial charge on any atom is -0.399 e. The predicted octanol–water partition coefficient (Wildman–Crippen LogP) is 1.49. The molecule has 0 saturated carbocycles. The fourth-order valence-corrected chi connectivity index (χ4v) is 1.55. The molecule has 0 amide bonds. The quantitative estimate of drug-likeness (QED) is 0.778. The predicted molar refractivity (Wildman–Crippen MR) is 66.1 cm³/mol. The molecular formula is C12H13N5. The largest absolute Gasteiger partial charge is 0.399 e. The number of hydrogen-bond donors (Lipinski definition) is 2. The van der Waals surface area contributed by atoms with Gasteiger partial charge in [-0.2, -0.15) is 5.26 Å². The maximum Gasteiger partial charge on any atom is 0.127 e. The molecule has 0 aliphatic carbocycles. The SMILES string of the molecule is Cn1ccnc1CNc1ccc(N)cc1C#N. The van der Waals surface area contributed by atoms with Crippen LogP contribution in [0.25, 0.3) is 0 Å². The van der Waals surface area contributed by atoms with E-state index in [1.807, 2.05) is 17.8 Å². The smallest absolute Gasteiger partial charge is 0.127 e. The summed E-state index contributed by atoms with van der Waals surface area (Å²) in [5.41, 5.74) is 7.52. The molecule has 5 nitrogen and oxygen atoms in total. The number of rotatable bonds is 3. The van der Waals surface area contributed by atoms with E-state index in [-0.39, 0.29) is 0 Å². The Morgan fingerprint density at radius 3 is 3.00 bits per heavy atom. The third kappa shape index (κ3) is 2.37. The highest BCUT2D eigenvalue weighted by Gasteiger charge is 2.04. The number of nitrogen functional groups attached to an aromatic ring is 1. The van der Waals surface area contributed by atoms with E-state index >= 15 is 0 Å². The maximum atomic E-state index is 8.99. The zero-order valence-electron chi connectivity index (χ0n) is 9.51. The first-order chi connectivity index (χ1) is 8.20. The van der Waals surface area contributed by atoms with E-state index < -0.39 is 0 Å². The molecule has 1 heterocycles. The Kier molecular flexibility index (Phi) is 2.97. The van der Waals surface area contributed by atoms with E-state index in [1.54, 1.807) is 24.4 Å². The minimum atomic E-state index is 0.541. The lowest BCUT2D eigenvalue weighted by molar-refractivity contribution is 0.813. The molecule has 0 unspecified atom stereocenters. The van der Waals surface area contributed by atoms with Crippen LogP contribution in [0.3, 0.4) is 0 Å². The van der Waals surface area contributed by atoms with Gasteiger partial charge >= 0.3 is 0 Å². The zero-order chi connectivity index (χ0) is 12.3. The molecule has 0 aliphatic heterocycles. The molecule has 2 aromatic rings. The number of hydrogen-bond acceptors (Lipinski definition) is 4. The second kappa shape index (κ2) is 4.58. The summed E-state index contributed by atoms with van der Waals surface area (Å²) in [6.07, 6.45) is 3.62. The van der Waals surface area contributed by atoms with E-state index in [2.05, 4.69) is 16.4 Å². The molecule has 0 spiro atoms. The van der Waals surface area contributed by atoms with E-state index in [1.165, 1.54) is 0 Å². The van der Waals surface area contributed by atoms with Gasteiger partial charge in [0.25, 0.3) is 0 Å². The van der Waals surface area contributed by atoms with Crippen LogP contribution in [-0.2, 0) is 13.6 Å². The summed E-state index contributed by atoms with van der Waals surface area (Å²) in [5.74, 6) is 0.908. The number of nitrogens with two attached hydrogens (primary N) is 1. The van der Waals surface area contributed by atoms with Crippen LogP contribution in [0, 0.1) is 11.3 Å². The highest BCUT2D eigenvalue weighted by Crippen LogP contribution is 2.18. The van der Waals surface area contributed by atoms with Gasteiger partial charge in [0.05, 0.1) is 17.8 Å². The summed E-state index contributed by atoms with van der Waals surface area (Å²) < 4.78 is 1.93. The van der Waals surface area contributed by atoms with Crippen LogP contribution >= 0.6 is 0 Å². The van der Waals surface area contributed by atoms with Crippen molar-refractivity contribution in [3.05, 3.63) is 42.0 Å². The van der Waals surface area contributed by atoms with Crippen molar-refractivity contribution in [2.45, 2.75) is 6.54 Å². The highest BCUT2D eigenvalue weighted by atomic mass is 15.1. The maximum absolute atomic E-state index is 8.99. The summed E-state index contributed by atoms with van der Waals surface area (Å²) in [6.45, 7) is 0.572. The molecule has 0 aliphatic rings. The summed E-state index contributed by atoms with van der Waals surface area (Å²) in [6, 6.07) is 7.33. The van der Waals surface area contributed by atoms with Gasteiger partial charge < -0.3 is 15.6 Å². The Morgan fingerprint density at radius 1 is 1.53 bits per heavy atom. The number of nitrogens with zero attached hydrogens (tertiary/aromatic N) is 3. The third-order valence-corrected chi connectivity index (χ3v) is 2.52. The van der Waals surface area contributed by atoms with Gasteiger partial charge in [-0.3, -0.25) is 0 Å². The van der Waals surface area contributed by atoms with Crippen LogP contribution in [0.15, 0.2) is 30.6 Å². The van der Waals surface area contributed by atoms with Crippen molar-refractivity contribution in [2.75, 3.05) is 11.1 Å². The normalized spacial score (nSPS) is 9.88. The zero-order valence-corrected chi connectivity index (χ0v) is 9.51. The standard InChI is InChI=1S/C12H13N5/c1-17-5-4-15-12(17)8-16-11-3-2-10(14)6-9(11)7-13/h2-6,16H,8,14H2,1H3. The molecule has 2 rings (SSSR count). The summed E-state index contributed by atoms with van der Waals surface area (Å²) in [4.78, 5) is 4.20. The number of nitriles is 1. The number of aryl methyl sites for hydroxylation is 1. The molecule has 0 radical (unpaired) electrons. The third-order valence-electron chi connectivity index (χ3n) is 2.52. The lowest BCUT2D eigenvalue weighted by atomic mass is 10.1. The van der Waals surface area contributed by atoms with Crippen molar-refractivity contribution in [3.63, 3.8) is 0 Å². The van der Waals surface area contributed by atoms with Crippen LogP contribution in [0.5, 0.6) is 0 Å². The molecule has 1 aromatic heterocycles. The van der Waals surface area contributed by atoms with Crippen LogP contribution < -0.4 is 11.1 Å². The monoisotopic (exact) mass is 227 g/mol. The number of nitrogens with one attached hydrogen (secondary N) is 1. The molecule has 86 valence electrons. The van der Waals surface area contributed by atoms with Gasteiger partial charge in [-0.15, -0.1) is 0 Å². The Hall–Kier alpha value is -2.48. The molecule has 17 heavy (non-hydrogen) atoms. The second-order valence-electron chi connectivity index (χ2n) is 3.72.